The van der Waals surface area contributed by atoms with Gasteiger partial charge in [-0.15, -0.1) is 12.3 Å². The summed E-state index contributed by atoms with van der Waals surface area (Å²) in [7, 11) is 0. The smallest absolute Gasteiger partial charge is 1.00 e. The average Bonchev–Trinajstić information content (AvgIpc) is 1.41. The van der Waals surface area contributed by atoms with Crippen molar-refractivity contribution >= 4 is 23.1 Å². The summed E-state index contributed by atoms with van der Waals surface area (Å²) in [5.74, 6) is 2.52. The minimum atomic E-state index is 0. The fourth-order valence-corrected chi connectivity index (χ4v) is 0.144. The topological polar surface area (TPSA) is 0 Å². The zero-order valence-electron chi connectivity index (χ0n) is 4.95. The van der Waals surface area contributed by atoms with E-state index >= 15 is 0 Å². The normalized spacial score (nSPS) is 4.00. The van der Waals surface area contributed by atoms with E-state index in [1.165, 1.54) is 0 Å². The van der Waals surface area contributed by atoms with Crippen LogP contribution in [-0.2, 0) is 0 Å². The predicted octanol–water partition coefficient (Wildman–Crippen LogP) is -4.95. The van der Waals surface area contributed by atoms with Crippen molar-refractivity contribution in [1.29, 1.82) is 0 Å². The molecule has 0 bridgehead atoms. The minimum Gasteiger partial charge on any atom is -1.00 e. The van der Waals surface area contributed by atoms with Crippen LogP contribution in [0.15, 0.2) is 0 Å². The van der Waals surface area contributed by atoms with E-state index in [-0.39, 0.29) is 47.9 Å². The van der Waals surface area contributed by atoms with E-state index in [2.05, 4.69) is 12.8 Å². The quantitative estimate of drug-likeness (QED) is 0.268. The Balaban J connectivity index is -0.0000000267. The summed E-state index contributed by atoms with van der Waals surface area (Å²) in [5, 5.41) is 0. The van der Waals surface area contributed by atoms with E-state index in [9.17, 15) is 0 Å². The maximum Gasteiger partial charge on any atom is 2.00 e. The van der Waals surface area contributed by atoms with E-state index in [1.807, 2.05) is 0 Å². The Bertz CT molecular complexity index is 48.9. The van der Waals surface area contributed by atoms with Crippen LogP contribution in [0.3, 0.4) is 0 Å². The van der Waals surface area contributed by atoms with Crippen LogP contribution in [0.2, 0.25) is 0 Å². The first-order chi connectivity index (χ1) is 2.41. The molecule has 0 aliphatic heterocycles. The van der Waals surface area contributed by atoms with Crippen LogP contribution in [0.4, 0.5) is 0 Å². The summed E-state index contributed by atoms with van der Waals surface area (Å²) in [6.45, 7) is 2.07. The molecule has 0 aromatic carbocycles. The predicted molar refractivity (Wildman–Crippen MR) is 29.5 cm³/mol. The number of halogens is 2. The van der Waals surface area contributed by atoms with Crippen molar-refractivity contribution in [2.75, 3.05) is 0 Å². The van der Waals surface area contributed by atoms with Gasteiger partial charge in [-0.25, -0.2) is 0 Å². The van der Waals surface area contributed by atoms with Gasteiger partial charge >= 0.3 is 23.1 Å². The fourth-order valence-electron chi connectivity index (χ4n) is 0.144. The van der Waals surface area contributed by atoms with Crippen molar-refractivity contribution < 1.29 is 24.8 Å². The molecule has 0 fully saturated rings. The molecule has 0 nitrogen and oxygen atoms in total. The van der Waals surface area contributed by atoms with Crippen molar-refractivity contribution in [3.8, 4) is 12.3 Å². The van der Waals surface area contributed by atoms with Gasteiger partial charge in [-0.2, -0.15) is 0 Å². The maximum absolute atomic E-state index is 4.89. The molecule has 0 radical (unpaired) electrons. The van der Waals surface area contributed by atoms with Gasteiger partial charge in [-0.1, -0.05) is 6.92 Å². The van der Waals surface area contributed by atoms with Crippen LogP contribution in [0, 0.1) is 12.3 Å². The number of hydrogen-bond donors (Lipinski definition) is 0. The van der Waals surface area contributed by atoms with E-state index in [4.69, 9.17) is 6.42 Å². The molecular weight excluding hydrogens is 155 g/mol. The molecule has 8 heavy (non-hydrogen) atoms. The molecule has 0 rings (SSSR count). The molecule has 0 aromatic rings. The molecule has 0 atom stereocenters. The van der Waals surface area contributed by atoms with Gasteiger partial charge in [0.25, 0.3) is 0 Å². The third kappa shape index (κ3) is 28.5. The van der Waals surface area contributed by atoms with Crippen molar-refractivity contribution in [3.05, 3.63) is 0 Å². The molecule has 0 amide bonds. The maximum atomic E-state index is 4.89. The monoisotopic (exact) mass is 162 g/mol. The summed E-state index contributed by atoms with van der Waals surface area (Å²) >= 11 is 0. The van der Waals surface area contributed by atoms with Gasteiger partial charge in [-0.05, 0) is 6.42 Å². The van der Waals surface area contributed by atoms with Gasteiger partial charge in [-0.3, -0.25) is 0 Å². The second-order valence-electron chi connectivity index (χ2n) is 0.954. The van der Waals surface area contributed by atoms with Gasteiger partial charge < -0.3 is 24.8 Å². The third-order valence-electron chi connectivity index (χ3n) is 0.394. The number of unbranched alkanes of at least 4 members (excludes halogenated alkanes) is 1. The van der Waals surface area contributed by atoms with Crippen LogP contribution >= 0.6 is 0 Å². The molecule has 0 aliphatic rings. The Hall–Kier alpha value is 0.906. The summed E-state index contributed by atoms with van der Waals surface area (Å²) in [6.07, 6.45) is 6.91. The van der Waals surface area contributed by atoms with Gasteiger partial charge in [0.1, 0.15) is 0 Å². The zero-order chi connectivity index (χ0) is 4.12. The van der Waals surface area contributed by atoms with Crippen LogP contribution in [0.25, 0.3) is 0 Å². The molecular formula is C5H8Cl2Mg. The van der Waals surface area contributed by atoms with E-state index < -0.39 is 0 Å². The molecule has 0 spiro atoms. The number of hydrogen-bond acceptors (Lipinski definition) is 0. The molecule has 44 valence electrons. The van der Waals surface area contributed by atoms with Crippen molar-refractivity contribution in [2.45, 2.75) is 19.8 Å². The summed E-state index contributed by atoms with van der Waals surface area (Å²) in [4.78, 5) is 0. The largest absolute Gasteiger partial charge is 2.00 e. The molecule has 0 unspecified atom stereocenters. The average molecular weight is 163 g/mol. The van der Waals surface area contributed by atoms with Crippen LogP contribution < -0.4 is 24.8 Å². The Labute approximate surface area is 79.8 Å². The number of terminal acetylenes is 1. The molecule has 0 aliphatic carbocycles. The van der Waals surface area contributed by atoms with Gasteiger partial charge in [0.2, 0.25) is 0 Å². The van der Waals surface area contributed by atoms with Crippen molar-refractivity contribution in [2.24, 2.45) is 0 Å². The van der Waals surface area contributed by atoms with E-state index in [0.717, 1.165) is 12.8 Å². The van der Waals surface area contributed by atoms with Crippen LogP contribution in [0.1, 0.15) is 19.8 Å². The molecule has 0 saturated heterocycles. The fraction of sp³-hybridized carbons (Fsp3) is 0.600. The minimum absolute atomic E-state index is 0. The van der Waals surface area contributed by atoms with E-state index in [0.29, 0.717) is 0 Å². The first-order valence-electron chi connectivity index (χ1n) is 1.85. The Morgan fingerprint density at radius 3 is 1.75 bits per heavy atom. The molecule has 0 N–H and O–H groups in total. The van der Waals surface area contributed by atoms with Crippen molar-refractivity contribution in [3.63, 3.8) is 0 Å². The standard InChI is InChI=1S/C5H8.2ClH.Mg/c1-3-5-4-2;;;/h1H,4-5H2,2H3;2*1H;/q;;;+2/p-2. The third-order valence-corrected chi connectivity index (χ3v) is 0.394. The van der Waals surface area contributed by atoms with Gasteiger partial charge in [0.15, 0.2) is 0 Å². The summed E-state index contributed by atoms with van der Waals surface area (Å²) in [6, 6.07) is 0. The molecule has 0 heterocycles. The first kappa shape index (κ1) is 23.1. The molecule has 0 saturated carbocycles. The number of rotatable bonds is 1. The van der Waals surface area contributed by atoms with Gasteiger partial charge in [0, 0.05) is 6.42 Å². The Morgan fingerprint density at radius 2 is 1.75 bits per heavy atom. The summed E-state index contributed by atoms with van der Waals surface area (Å²) in [5.41, 5.74) is 0. The Kier molecular flexibility index (Phi) is 71.4. The van der Waals surface area contributed by atoms with E-state index in [1.54, 1.807) is 0 Å². The van der Waals surface area contributed by atoms with Crippen LogP contribution in [0.5, 0.6) is 0 Å². The molecule has 3 heteroatoms. The molecule has 0 aromatic heterocycles. The second-order valence-corrected chi connectivity index (χ2v) is 0.954. The first-order valence-corrected chi connectivity index (χ1v) is 1.85. The van der Waals surface area contributed by atoms with Gasteiger partial charge in [0.05, 0.1) is 0 Å². The second kappa shape index (κ2) is 24.7. The summed E-state index contributed by atoms with van der Waals surface area (Å²) < 4.78 is 0. The zero-order valence-corrected chi connectivity index (χ0v) is 7.88. The van der Waals surface area contributed by atoms with Crippen molar-refractivity contribution in [1.82, 2.24) is 0 Å². The Morgan fingerprint density at radius 1 is 1.38 bits per heavy atom. The van der Waals surface area contributed by atoms with Crippen LogP contribution in [-0.4, -0.2) is 23.1 Å². The SMILES string of the molecule is C#CCCC.[Cl-].[Cl-].[Mg+2].